The van der Waals surface area contributed by atoms with Crippen LogP contribution in [0, 0.1) is 6.92 Å². The first kappa shape index (κ1) is 12.2. The van der Waals surface area contributed by atoms with Crippen molar-refractivity contribution in [2.24, 2.45) is 0 Å². The van der Waals surface area contributed by atoms with Crippen molar-refractivity contribution in [1.82, 2.24) is 0 Å². The van der Waals surface area contributed by atoms with Gasteiger partial charge in [0.2, 0.25) is 0 Å². The first-order valence-electron chi connectivity index (χ1n) is 5.43. The molecular formula is C14H21F. The van der Waals surface area contributed by atoms with Gasteiger partial charge in [-0.05, 0) is 42.9 Å². The number of halogens is 1. The standard InChI is InChI=1S/C14H21F/c1-10-11(13(2,3)4)8-7-9-12(10)14(5,6)15/h7-9H,1-6H3. The van der Waals surface area contributed by atoms with Gasteiger partial charge >= 0.3 is 0 Å². The molecule has 0 aliphatic carbocycles. The molecule has 0 spiro atoms. The Morgan fingerprint density at radius 3 is 1.80 bits per heavy atom. The van der Waals surface area contributed by atoms with E-state index < -0.39 is 5.67 Å². The molecule has 0 nitrogen and oxygen atoms in total. The van der Waals surface area contributed by atoms with E-state index >= 15 is 0 Å². The first-order chi connectivity index (χ1) is 6.64. The van der Waals surface area contributed by atoms with Crippen molar-refractivity contribution in [2.45, 2.75) is 52.6 Å². The van der Waals surface area contributed by atoms with Gasteiger partial charge in [0, 0.05) is 0 Å². The lowest BCUT2D eigenvalue weighted by Gasteiger charge is -2.26. The zero-order valence-electron chi connectivity index (χ0n) is 10.6. The third kappa shape index (κ3) is 2.58. The van der Waals surface area contributed by atoms with Crippen LogP contribution in [0.3, 0.4) is 0 Å². The van der Waals surface area contributed by atoms with Crippen LogP contribution in [0.4, 0.5) is 4.39 Å². The van der Waals surface area contributed by atoms with Crippen molar-refractivity contribution in [3.8, 4) is 0 Å². The molecule has 0 heterocycles. The zero-order chi connectivity index (χ0) is 11.9. The SMILES string of the molecule is Cc1c(C(C)(C)C)cccc1C(C)(C)F. The molecule has 0 saturated carbocycles. The maximum atomic E-state index is 14.0. The summed E-state index contributed by atoms with van der Waals surface area (Å²) >= 11 is 0. The topological polar surface area (TPSA) is 0 Å². The molecule has 1 aromatic rings. The molecule has 0 N–H and O–H groups in total. The molecular weight excluding hydrogens is 187 g/mol. The molecule has 0 atom stereocenters. The second-order valence-electron chi connectivity index (χ2n) is 5.70. The van der Waals surface area contributed by atoms with Crippen LogP contribution in [0.5, 0.6) is 0 Å². The molecule has 0 amide bonds. The average Bonchev–Trinajstić information content (AvgIpc) is 1.99. The predicted octanol–water partition coefficient (Wildman–Crippen LogP) is 4.50. The van der Waals surface area contributed by atoms with E-state index in [1.54, 1.807) is 13.8 Å². The van der Waals surface area contributed by atoms with Crippen LogP contribution in [-0.2, 0) is 11.1 Å². The molecule has 1 aromatic carbocycles. The highest BCUT2D eigenvalue weighted by molar-refractivity contribution is 5.40. The summed E-state index contributed by atoms with van der Waals surface area (Å²) in [5.41, 5.74) is 1.93. The number of rotatable bonds is 1. The van der Waals surface area contributed by atoms with Gasteiger partial charge in [0.25, 0.3) is 0 Å². The van der Waals surface area contributed by atoms with Gasteiger partial charge in [-0.15, -0.1) is 0 Å². The molecule has 1 rings (SSSR count). The smallest absolute Gasteiger partial charge is 0.130 e. The van der Waals surface area contributed by atoms with Crippen molar-refractivity contribution in [3.05, 3.63) is 34.9 Å². The van der Waals surface area contributed by atoms with Crippen LogP contribution in [0.15, 0.2) is 18.2 Å². The van der Waals surface area contributed by atoms with Crippen LogP contribution in [0.25, 0.3) is 0 Å². The summed E-state index contributed by atoms with van der Waals surface area (Å²) in [5.74, 6) is 0. The largest absolute Gasteiger partial charge is 0.239 e. The summed E-state index contributed by atoms with van der Waals surface area (Å²) in [4.78, 5) is 0. The van der Waals surface area contributed by atoms with E-state index in [9.17, 15) is 4.39 Å². The van der Waals surface area contributed by atoms with Gasteiger partial charge in [-0.1, -0.05) is 39.0 Å². The van der Waals surface area contributed by atoms with Gasteiger partial charge in [-0.25, -0.2) is 4.39 Å². The van der Waals surface area contributed by atoms with Crippen LogP contribution in [0.2, 0.25) is 0 Å². The van der Waals surface area contributed by atoms with E-state index in [1.807, 2.05) is 19.1 Å². The lowest BCUT2D eigenvalue weighted by atomic mass is 9.80. The van der Waals surface area contributed by atoms with Crippen LogP contribution < -0.4 is 0 Å². The zero-order valence-corrected chi connectivity index (χ0v) is 10.6. The summed E-state index contributed by atoms with van der Waals surface area (Å²) in [6.07, 6.45) is 0. The Bertz CT molecular complexity index is 318. The Morgan fingerprint density at radius 2 is 1.40 bits per heavy atom. The minimum Gasteiger partial charge on any atom is -0.239 e. The summed E-state index contributed by atoms with van der Waals surface area (Å²) in [5, 5.41) is 0. The Hall–Kier alpha value is -0.850. The van der Waals surface area contributed by atoms with E-state index in [-0.39, 0.29) is 5.41 Å². The Labute approximate surface area is 92.5 Å². The fourth-order valence-electron chi connectivity index (χ4n) is 2.09. The van der Waals surface area contributed by atoms with Crippen molar-refractivity contribution in [2.75, 3.05) is 0 Å². The summed E-state index contributed by atoms with van der Waals surface area (Å²) < 4.78 is 14.0. The maximum absolute atomic E-state index is 14.0. The van der Waals surface area contributed by atoms with Gasteiger partial charge in [-0.3, -0.25) is 0 Å². The Kier molecular flexibility index (Phi) is 2.95. The van der Waals surface area contributed by atoms with Crippen LogP contribution in [0.1, 0.15) is 51.3 Å². The summed E-state index contributed by atoms with van der Waals surface area (Å²) in [6.45, 7) is 11.7. The molecule has 0 radical (unpaired) electrons. The molecule has 0 aromatic heterocycles. The lowest BCUT2D eigenvalue weighted by molar-refractivity contribution is 0.220. The fraction of sp³-hybridized carbons (Fsp3) is 0.571. The molecule has 0 unspecified atom stereocenters. The van der Waals surface area contributed by atoms with E-state index in [0.717, 1.165) is 11.1 Å². The van der Waals surface area contributed by atoms with E-state index in [2.05, 4.69) is 26.8 Å². The molecule has 15 heavy (non-hydrogen) atoms. The minimum atomic E-state index is -1.26. The number of benzene rings is 1. The second-order valence-corrected chi connectivity index (χ2v) is 5.70. The minimum absolute atomic E-state index is 0.0747. The van der Waals surface area contributed by atoms with Crippen molar-refractivity contribution in [1.29, 1.82) is 0 Å². The number of hydrogen-bond acceptors (Lipinski definition) is 0. The van der Waals surface area contributed by atoms with Gasteiger partial charge < -0.3 is 0 Å². The quantitative estimate of drug-likeness (QED) is 0.637. The predicted molar refractivity (Wildman–Crippen MR) is 64.0 cm³/mol. The normalized spacial score (nSPS) is 13.0. The average molecular weight is 208 g/mol. The second kappa shape index (κ2) is 3.62. The van der Waals surface area contributed by atoms with Gasteiger partial charge in [0.05, 0.1) is 0 Å². The van der Waals surface area contributed by atoms with Crippen molar-refractivity contribution in [3.63, 3.8) is 0 Å². The molecule has 0 aliphatic heterocycles. The maximum Gasteiger partial charge on any atom is 0.130 e. The third-order valence-corrected chi connectivity index (χ3v) is 2.78. The van der Waals surface area contributed by atoms with Crippen molar-refractivity contribution < 1.29 is 4.39 Å². The molecule has 84 valence electrons. The highest BCUT2D eigenvalue weighted by Gasteiger charge is 2.25. The first-order valence-corrected chi connectivity index (χ1v) is 5.43. The molecule has 0 bridgehead atoms. The van der Waals surface area contributed by atoms with Gasteiger partial charge in [0.1, 0.15) is 5.67 Å². The molecule has 0 aliphatic rings. The third-order valence-electron chi connectivity index (χ3n) is 2.78. The van der Waals surface area contributed by atoms with Gasteiger partial charge in [0.15, 0.2) is 0 Å². The summed E-state index contributed by atoms with van der Waals surface area (Å²) in [7, 11) is 0. The Balaban J connectivity index is 3.37. The fourth-order valence-corrected chi connectivity index (χ4v) is 2.09. The summed E-state index contributed by atoms with van der Waals surface area (Å²) in [6, 6.07) is 5.92. The van der Waals surface area contributed by atoms with E-state index in [0.29, 0.717) is 0 Å². The van der Waals surface area contributed by atoms with Crippen LogP contribution in [-0.4, -0.2) is 0 Å². The number of hydrogen-bond donors (Lipinski definition) is 0. The van der Waals surface area contributed by atoms with E-state index in [4.69, 9.17) is 0 Å². The van der Waals surface area contributed by atoms with E-state index in [1.165, 1.54) is 5.56 Å². The highest BCUT2D eigenvalue weighted by atomic mass is 19.1. The Morgan fingerprint density at radius 1 is 0.933 bits per heavy atom. The number of alkyl halides is 1. The molecule has 0 saturated heterocycles. The molecule has 1 heteroatoms. The van der Waals surface area contributed by atoms with Crippen molar-refractivity contribution >= 4 is 0 Å². The van der Waals surface area contributed by atoms with Gasteiger partial charge in [-0.2, -0.15) is 0 Å². The monoisotopic (exact) mass is 208 g/mol. The highest BCUT2D eigenvalue weighted by Crippen LogP contribution is 2.33. The lowest BCUT2D eigenvalue weighted by Crippen LogP contribution is -2.18. The molecule has 0 fully saturated rings. The van der Waals surface area contributed by atoms with Crippen LogP contribution >= 0.6 is 0 Å².